The molecule has 0 saturated carbocycles. The van der Waals surface area contributed by atoms with Gasteiger partial charge in [0.2, 0.25) is 0 Å². The molecule has 0 aromatic carbocycles. The number of aromatic nitrogens is 1. The van der Waals surface area contributed by atoms with E-state index in [9.17, 15) is 9.59 Å². The van der Waals surface area contributed by atoms with Gasteiger partial charge < -0.3 is 15.0 Å². The number of carbonyl (C=O) groups excluding carboxylic acids is 2. The van der Waals surface area contributed by atoms with E-state index in [4.69, 9.17) is 0 Å². The normalized spacial score (nSPS) is 10.4. The molecule has 1 rings (SSSR count). The first-order valence-corrected chi connectivity index (χ1v) is 5.65. The average molecular weight is 257 g/mol. The van der Waals surface area contributed by atoms with Gasteiger partial charge in [-0.2, -0.15) is 0 Å². The number of carbonyl (C=O) groups is 2. The van der Waals surface area contributed by atoms with E-state index in [1.807, 2.05) is 0 Å². The molecule has 0 spiro atoms. The minimum absolute atomic E-state index is 0.265. The van der Waals surface area contributed by atoms with Crippen LogP contribution in [0.15, 0.2) is 6.20 Å². The first-order valence-electron chi connectivity index (χ1n) is 4.88. The van der Waals surface area contributed by atoms with E-state index in [2.05, 4.69) is 15.0 Å². The maximum Gasteiger partial charge on any atom is 0.341 e. The van der Waals surface area contributed by atoms with Gasteiger partial charge >= 0.3 is 5.97 Å². The predicted molar refractivity (Wildman–Crippen MR) is 67.2 cm³/mol. The van der Waals surface area contributed by atoms with Crippen LogP contribution in [-0.4, -0.2) is 41.7 Å². The second-order valence-electron chi connectivity index (χ2n) is 3.51. The number of esters is 1. The Morgan fingerprint density at radius 2 is 2.12 bits per heavy atom. The molecule has 0 radical (unpaired) electrons. The molecule has 0 unspecified atom stereocenters. The molecule has 17 heavy (non-hydrogen) atoms. The van der Waals surface area contributed by atoms with Crippen molar-refractivity contribution in [1.82, 2.24) is 9.29 Å². The van der Waals surface area contributed by atoms with Crippen molar-refractivity contribution in [1.29, 1.82) is 0 Å². The van der Waals surface area contributed by atoms with Crippen LogP contribution in [0.3, 0.4) is 0 Å². The molecule has 1 aromatic heterocycles. The molecule has 0 fully saturated rings. The van der Waals surface area contributed by atoms with Gasteiger partial charge in [-0.3, -0.25) is 4.79 Å². The maximum absolute atomic E-state index is 11.5. The predicted octanol–water partition coefficient (Wildman–Crippen LogP) is 1.85. The van der Waals surface area contributed by atoms with Crippen LogP contribution in [-0.2, 0) is 4.74 Å². The van der Waals surface area contributed by atoms with Crippen LogP contribution in [0.25, 0.3) is 0 Å². The Morgan fingerprint density at radius 1 is 1.47 bits per heavy atom. The quantitative estimate of drug-likeness (QED) is 0.638. The third-order valence-electron chi connectivity index (χ3n) is 1.97. The molecule has 1 heterocycles. The molecule has 0 bridgehead atoms. The summed E-state index contributed by atoms with van der Waals surface area (Å²) in [4.78, 5) is 25.9. The summed E-state index contributed by atoms with van der Waals surface area (Å²) in [5, 5.41) is 2.36. The zero-order valence-electron chi connectivity index (χ0n) is 10.2. The lowest BCUT2D eigenvalue weighted by Gasteiger charge is -2.09. The Hall–Kier alpha value is -1.47. The molecule has 0 aliphatic heterocycles. The van der Waals surface area contributed by atoms with Crippen molar-refractivity contribution in [3.63, 3.8) is 0 Å². The molecule has 7 heteroatoms. The molecule has 0 atom stereocenters. The van der Waals surface area contributed by atoms with Crippen LogP contribution < -0.4 is 5.32 Å². The van der Waals surface area contributed by atoms with Gasteiger partial charge in [-0.25, -0.2) is 9.10 Å². The van der Waals surface area contributed by atoms with E-state index < -0.39 is 5.97 Å². The summed E-state index contributed by atoms with van der Waals surface area (Å²) in [6.45, 7) is 1.74. The van der Waals surface area contributed by atoms with E-state index in [1.165, 1.54) is 7.11 Å². The number of hydrogen-bond acceptors (Lipinski definition) is 5. The first kappa shape index (κ1) is 13.6. The smallest absolute Gasteiger partial charge is 0.341 e. The molecule has 0 aliphatic rings. The monoisotopic (exact) mass is 257 g/mol. The zero-order valence-corrected chi connectivity index (χ0v) is 11.0. The Morgan fingerprint density at radius 3 is 2.65 bits per heavy atom. The van der Waals surface area contributed by atoms with Gasteiger partial charge in [0.1, 0.15) is 5.56 Å². The van der Waals surface area contributed by atoms with E-state index in [-0.39, 0.29) is 5.24 Å². The maximum atomic E-state index is 11.5. The number of aryl methyl sites for hydroxylation is 1. The van der Waals surface area contributed by atoms with Crippen molar-refractivity contribution in [2.45, 2.75) is 6.92 Å². The number of ether oxygens (including phenoxy) is 1. The van der Waals surface area contributed by atoms with Gasteiger partial charge in [0.15, 0.2) is 0 Å². The number of aromatic amines is 1. The number of nitrogens with one attached hydrogen (secondary N) is 2. The van der Waals surface area contributed by atoms with Crippen molar-refractivity contribution in [2.24, 2.45) is 0 Å². The van der Waals surface area contributed by atoms with Gasteiger partial charge in [0.25, 0.3) is 5.24 Å². The minimum Gasteiger partial charge on any atom is -0.465 e. The standard InChI is InChI=1S/C10H15N3O3S/c1-6-8(9(14)16-4)7(5-11-6)12-10(15)17-13(2)3/h5,11H,1-4H3,(H,12,15). The van der Waals surface area contributed by atoms with Gasteiger partial charge in [-0.1, -0.05) is 0 Å². The summed E-state index contributed by atoms with van der Waals surface area (Å²) in [6, 6.07) is 0. The molecular formula is C10H15N3O3S. The fourth-order valence-electron chi connectivity index (χ4n) is 1.29. The molecule has 94 valence electrons. The van der Waals surface area contributed by atoms with Crippen LogP contribution in [0, 0.1) is 6.92 Å². The second-order valence-corrected chi connectivity index (χ2v) is 4.79. The average Bonchev–Trinajstić information content (AvgIpc) is 2.57. The Balaban J connectivity index is 2.85. The van der Waals surface area contributed by atoms with Gasteiger partial charge in [0, 0.05) is 23.8 Å². The first-order chi connectivity index (χ1) is 7.95. The number of nitrogens with zero attached hydrogens (tertiary/aromatic N) is 1. The summed E-state index contributed by atoms with van der Waals surface area (Å²) in [5.41, 5.74) is 1.43. The highest BCUT2D eigenvalue weighted by Gasteiger charge is 2.18. The molecule has 0 aliphatic carbocycles. The van der Waals surface area contributed by atoms with Gasteiger partial charge in [-0.15, -0.1) is 0 Å². The number of methoxy groups -OCH3 is 1. The molecule has 0 saturated heterocycles. The molecule has 1 aromatic rings. The van der Waals surface area contributed by atoms with E-state index in [0.29, 0.717) is 16.9 Å². The van der Waals surface area contributed by atoms with Crippen molar-refractivity contribution < 1.29 is 14.3 Å². The van der Waals surface area contributed by atoms with E-state index >= 15 is 0 Å². The van der Waals surface area contributed by atoms with Crippen LogP contribution in [0.2, 0.25) is 0 Å². The Bertz CT molecular complexity index is 428. The van der Waals surface area contributed by atoms with Crippen LogP contribution >= 0.6 is 11.9 Å². The summed E-state index contributed by atoms with van der Waals surface area (Å²) < 4.78 is 6.31. The van der Waals surface area contributed by atoms with Crippen molar-refractivity contribution in [2.75, 3.05) is 26.5 Å². The third kappa shape index (κ3) is 3.50. The SMILES string of the molecule is COC(=O)c1c(NC(=O)SN(C)C)c[nH]c1C. The molecular weight excluding hydrogens is 242 g/mol. The topological polar surface area (TPSA) is 74.4 Å². The Labute approximate surface area is 104 Å². The van der Waals surface area contributed by atoms with Crippen molar-refractivity contribution >= 4 is 28.8 Å². The third-order valence-corrected chi connectivity index (χ3v) is 2.60. The number of anilines is 1. The fraction of sp³-hybridized carbons (Fsp3) is 0.400. The molecule has 6 nitrogen and oxygen atoms in total. The van der Waals surface area contributed by atoms with Gasteiger partial charge in [-0.05, 0) is 21.0 Å². The molecule has 1 amide bonds. The highest BCUT2D eigenvalue weighted by Crippen LogP contribution is 2.21. The summed E-state index contributed by atoms with van der Waals surface area (Å²) >= 11 is 1.00. The number of hydrogen-bond donors (Lipinski definition) is 2. The van der Waals surface area contributed by atoms with Gasteiger partial charge in [0.05, 0.1) is 12.8 Å². The molecule has 2 N–H and O–H groups in total. The van der Waals surface area contributed by atoms with E-state index in [0.717, 1.165) is 11.9 Å². The van der Waals surface area contributed by atoms with Crippen LogP contribution in [0.4, 0.5) is 10.5 Å². The van der Waals surface area contributed by atoms with E-state index in [1.54, 1.807) is 31.5 Å². The summed E-state index contributed by atoms with van der Waals surface area (Å²) in [6.07, 6.45) is 1.57. The number of rotatable bonds is 3. The Kier molecular flexibility index (Phi) is 4.59. The van der Waals surface area contributed by atoms with Crippen LogP contribution in [0.5, 0.6) is 0 Å². The highest BCUT2D eigenvalue weighted by atomic mass is 32.2. The highest BCUT2D eigenvalue weighted by molar-refractivity contribution is 8.11. The van der Waals surface area contributed by atoms with Crippen molar-refractivity contribution in [3.05, 3.63) is 17.5 Å². The lowest BCUT2D eigenvalue weighted by molar-refractivity contribution is 0.0601. The van der Waals surface area contributed by atoms with Crippen molar-refractivity contribution in [3.8, 4) is 0 Å². The minimum atomic E-state index is -0.478. The summed E-state index contributed by atoms with van der Waals surface area (Å²) in [5.74, 6) is -0.478. The number of amides is 1. The fourth-order valence-corrected chi connectivity index (χ4v) is 1.78. The van der Waals surface area contributed by atoms with Crippen LogP contribution in [0.1, 0.15) is 16.1 Å². The second kappa shape index (κ2) is 5.74. The zero-order chi connectivity index (χ0) is 13.0. The number of H-pyrrole nitrogens is 1. The lowest BCUT2D eigenvalue weighted by Crippen LogP contribution is -2.14. The summed E-state index contributed by atoms with van der Waals surface area (Å²) in [7, 11) is 4.82. The lowest BCUT2D eigenvalue weighted by atomic mass is 10.2. The largest absolute Gasteiger partial charge is 0.465 e.